The van der Waals surface area contributed by atoms with Crippen molar-refractivity contribution in [3.8, 4) is 0 Å². The van der Waals surface area contributed by atoms with Gasteiger partial charge in [0.25, 0.3) is 0 Å². The molecule has 0 rings (SSSR count). The molecule has 0 aromatic carbocycles. The number of hydrogen-bond acceptors (Lipinski definition) is 2. The molecule has 0 fully saturated rings. The maximum Gasteiger partial charge on any atom is 0.384 e. The topological polar surface area (TPSA) is 26.3 Å². The monoisotopic (exact) mass is 464 g/mol. The van der Waals surface area contributed by atoms with Crippen LogP contribution in [0.5, 0.6) is 0 Å². The van der Waals surface area contributed by atoms with Crippen molar-refractivity contribution in [1.82, 2.24) is 0 Å². The van der Waals surface area contributed by atoms with E-state index in [0.29, 0.717) is 0 Å². The standard InChI is InChI=1S/C18H26F10O2/c1-13(2,3)9-10(14(4,5)6)11(29)30-8-7-15(21,22)17(25,26)18(27,28)16(23,24)12(19)20/h10,12H,7-9H2,1-6H3. The molecule has 0 spiro atoms. The molecule has 30 heavy (non-hydrogen) atoms. The molecule has 0 amide bonds. The summed E-state index contributed by atoms with van der Waals surface area (Å²) in [7, 11) is 0. The second-order valence-electron chi connectivity index (χ2n) is 9.38. The number of carbonyl (C=O) groups excluding carboxylic acids is 1. The first kappa shape index (κ1) is 28.8. The second-order valence-corrected chi connectivity index (χ2v) is 9.38. The molecule has 0 aliphatic carbocycles. The lowest BCUT2D eigenvalue weighted by molar-refractivity contribution is -0.384. The van der Waals surface area contributed by atoms with Crippen LogP contribution in [0.1, 0.15) is 54.4 Å². The highest BCUT2D eigenvalue weighted by molar-refractivity contribution is 5.73. The fourth-order valence-electron chi connectivity index (χ4n) is 2.47. The van der Waals surface area contributed by atoms with Crippen molar-refractivity contribution >= 4 is 5.97 Å². The summed E-state index contributed by atoms with van der Waals surface area (Å²) < 4.78 is 135. The molecular formula is C18H26F10O2. The quantitative estimate of drug-likeness (QED) is 0.276. The number of alkyl halides is 10. The first-order valence-electron chi connectivity index (χ1n) is 8.88. The summed E-state index contributed by atoms with van der Waals surface area (Å²) in [5.41, 5.74) is -1.15. The molecule has 0 aromatic heterocycles. The Morgan fingerprint density at radius 3 is 1.57 bits per heavy atom. The fourth-order valence-corrected chi connectivity index (χ4v) is 2.47. The van der Waals surface area contributed by atoms with Gasteiger partial charge >= 0.3 is 36.1 Å². The average Bonchev–Trinajstić information content (AvgIpc) is 2.49. The van der Waals surface area contributed by atoms with Crippen molar-refractivity contribution in [3.63, 3.8) is 0 Å². The van der Waals surface area contributed by atoms with Crippen LogP contribution in [-0.4, -0.2) is 42.7 Å². The van der Waals surface area contributed by atoms with Gasteiger partial charge in [-0.15, -0.1) is 0 Å². The summed E-state index contributed by atoms with van der Waals surface area (Å²) in [6, 6.07) is 0. The third-order valence-electron chi connectivity index (χ3n) is 4.35. The predicted octanol–water partition coefficient (Wildman–Crippen LogP) is 6.82. The van der Waals surface area contributed by atoms with Crippen molar-refractivity contribution < 1.29 is 53.4 Å². The number of esters is 1. The Kier molecular flexibility index (Phi) is 8.36. The highest BCUT2D eigenvalue weighted by Gasteiger charge is 2.82. The van der Waals surface area contributed by atoms with Gasteiger partial charge in [0.15, 0.2) is 0 Å². The van der Waals surface area contributed by atoms with Crippen LogP contribution in [-0.2, 0) is 9.53 Å². The number of rotatable bonds is 9. The molecule has 0 saturated carbocycles. The highest BCUT2D eigenvalue weighted by Crippen LogP contribution is 2.55. The Morgan fingerprint density at radius 1 is 0.800 bits per heavy atom. The Bertz CT molecular complexity index is 589. The maximum atomic E-state index is 13.6. The van der Waals surface area contributed by atoms with Gasteiger partial charge in [-0.25, -0.2) is 8.78 Å². The normalized spacial score (nSPS) is 16.0. The molecule has 0 N–H and O–H groups in total. The number of hydrogen-bond donors (Lipinski definition) is 0. The lowest BCUT2D eigenvalue weighted by atomic mass is 9.72. The molecule has 180 valence electrons. The largest absolute Gasteiger partial charge is 0.465 e. The zero-order valence-electron chi connectivity index (χ0n) is 17.4. The fraction of sp³-hybridized carbons (Fsp3) is 0.944. The molecule has 1 unspecified atom stereocenters. The second kappa shape index (κ2) is 8.72. The Hall–Kier alpha value is -1.23. The van der Waals surface area contributed by atoms with Crippen LogP contribution in [0.2, 0.25) is 0 Å². The smallest absolute Gasteiger partial charge is 0.384 e. The molecular weight excluding hydrogens is 438 g/mol. The van der Waals surface area contributed by atoms with E-state index in [0.717, 1.165) is 0 Å². The summed E-state index contributed by atoms with van der Waals surface area (Å²) in [5, 5.41) is 0. The summed E-state index contributed by atoms with van der Waals surface area (Å²) >= 11 is 0. The molecule has 0 aliphatic heterocycles. The van der Waals surface area contributed by atoms with Crippen LogP contribution >= 0.6 is 0 Å². The first-order valence-corrected chi connectivity index (χ1v) is 8.88. The van der Waals surface area contributed by atoms with Crippen molar-refractivity contribution in [1.29, 1.82) is 0 Å². The predicted molar refractivity (Wildman–Crippen MR) is 88.4 cm³/mol. The summed E-state index contributed by atoms with van der Waals surface area (Å²) in [6.07, 6.45) is -7.37. The Balaban J connectivity index is 5.42. The van der Waals surface area contributed by atoms with Crippen molar-refractivity contribution in [3.05, 3.63) is 0 Å². The van der Waals surface area contributed by atoms with Gasteiger partial charge in [-0.1, -0.05) is 41.5 Å². The molecule has 0 radical (unpaired) electrons. The van der Waals surface area contributed by atoms with E-state index in [9.17, 15) is 48.7 Å². The molecule has 0 aromatic rings. The van der Waals surface area contributed by atoms with Crippen molar-refractivity contribution in [2.45, 2.75) is 84.5 Å². The number of ether oxygens (including phenoxy) is 1. The zero-order chi connectivity index (χ0) is 24.6. The summed E-state index contributed by atoms with van der Waals surface area (Å²) in [4.78, 5) is 12.2. The number of carbonyl (C=O) groups is 1. The highest BCUT2D eigenvalue weighted by atomic mass is 19.4. The van der Waals surface area contributed by atoms with Crippen LogP contribution in [0.4, 0.5) is 43.9 Å². The third kappa shape index (κ3) is 6.15. The Labute approximate surface area is 168 Å². The minimum atomic E-state index is -7.05. The first-order chi connectivity index (χ1) is 12.9. The number of halogens is 10. The van der Waals surface area contributed by atoms with Crippen LogP contribution in [0, 0.1) is 16.7 Å². The molecule has 0 saturated heterocycles. The van der Waals surface area contributed by atoms with Gasteiger partial charge in [0.05, 0.1) is 18.9 Å². The van der Waals surface area contributed by atoms with E-state index in [-0.39, 0.29) is 6.42 Å². The Morgan fingerprint density at radius 2 is 1.23 bits per heavy atom. The molecule has 0 bridgehead atoms. The molecule has 2 nitrogen and oxygen atoms in total. The van der Waals surface area contributed by atoms with Crippen molar-refractivity contribution in [2.75, 3.05) is 6.61 Å². The lowest BCUT2D eigenvalue weighted by Crippen LogP contribution is -2.64. The van der Waals surface area contributed by atoms with Crippen LogP contribution < -0.4 is 0 Å². The van der Waals surface area contributed by atoms with Gasteiger partial charge in [0.2, 0.25) is 0 Å². The van der Waals surface area contributed by atoms with Gasteiger partial charge in [-0.2, -0.15) is 35.1 Å². The van der Waals surface area contributed by atoms with E-state index in [1.54, 1.807) is 41.5 Å². The minimum absolute atomic E-state index is 0.209. The lowest BCUT2D eigenvalue weighted by Gasteiger charge is -2.36. The summed E-state index contributed by atoms with van der Waals surface area (Å²) in [5.74, 6) is -28.4. The van der Waals surface area contributed by atoms with E-state index in [1.807, 2.05) is 0 Å². The van der Waals surface area contributed by atoms with Gasteiger partial charge in [-0.3, -0.25) is 4.79 Å². The van der Waals surface area contributed by atoms with E-state index in [1.165, 1.54) is 0 Å². The van der Waals surface area contributed by atoms with Crippen LogP contribution in [0.15, 0.2) is 0 Å². The van der Waals surface area contributed by atoms with Gasteiger partial charge in [0, 0.05) is 0 Å². The van der Waals surface area contributed by atoms with Gasteiger partial charge in [0.1, 0.15) is 0 Å². The van der Waals surface area contributed by atoms with Gasteiger partial charge < -0.3 is 4.74 Å². The zero-order valence-corrected chi connectivity index (χ0v) is 17.4. The van der Waals surface area contributed by atoms with Crippen LogP contribution in [0.3, 0.4) is 0 Å². The minimum Gasteiger partial charge on any atom is -0.465 e. The molecule has 12 heteroatoms. The molecule has 1 atom stereocenters. The van der Waals surface area contributed by atoms with Crippen LogP contribution in [0.25, 0.3) is 0 Å². The van der Waals surface area contributed by atoms with E-state index < -0.39 is 65.9 Å². The average molecular weight is 464 g/mol. The van der Waals surface area contributed by atoms with E-state index >= 15 is 0 Å². The van der Waals surface area contributed by atoms with E-state index in [2.05, 4.69) is 4.74 Å². The third-order valence-corrected chi connectivity index (χ3v) is 4.35. The van der Waals surface area contributed by atoms with Gasteiger partial charge in [-0.05, 0) is 17.3 Å². The van der Waals surface area contributed by atoms with Crippen molar-refractivity contribution in [2.24, 2.45) is 16.7 Å². The SMILES string of the molecule is CC(C)(C)CC(C(=O)OCCC(F)(F)C(F)(F)C(F)(F)C(F)(F)C(F)F)C(C)(C)C. The van der Waals surface area contributed by atoms with E-state index in [4.69, 9.17) is 0 Å². The molecule has 0 heterocycles. The maximum absolute atomic E-state index is 13.6. The molecule has 0 aliphatic rings. The summed E-state index contributed by atoms with van der Waals surface area (Å²) in [6.45, 7) is 8.66.